The van der Waals surface area contributed by atoms with Crippen molar-refractivity contribution in [1.29, 1.82) is 0 Å². The first-order valence-electron chi connectivity index (χ1n) is 10.9. The number of carbonyl (C=O) groups excluding carboxylic acids is 1. The first-order valence-corrected chi connectivity index (χ1v) is 10.9. The Hall–Kier alpha value is -2.00. The third kappa shape index (κ3) is 6.16. The molecule has 5 nitrogen and oxygen atoms in total. The van der Waals surface area contributed by atoms with Gasteiger partial charge in [-0.3, -0.25) is 10.6 Å². The van der Waals surface area contributed by atoms with Crippen LogP contribution in [-0.2, 0) is 17.6 Å². The maximum absolute atomic E-state index is 13.2. The highest BCUT2D eigenvalue weighted by molar-refractivity contribution is 5.96. The fourth-order valence-electron chi connectivity index (χ4n) is 5.03. The Bertz CT molecular complexity index is 976. The number of hydrogen-bond acceptors (Lipinski definition) is 4. The molecule has 0 aliphatic carbocycles. The van der Waals surface area contributed by atoms with Gasteiger partial charge in [0.2, 0.25) is 5.91 Å². The Morgan fingerprint density at radius 3 is 2.47 bits per heavy atom. The number of alkyl halides is 3. The maximum atomic E-state index is 13.2. The molecule has 1 amide bonds. The molecule has 1 saturated heterocycles. The van der Waals surface area contributed by atoms with Gasteiger partial charge in [-0.05, 0) is 60.4 Å². The van der Waals surface area contributed by atoms with Crippen molar-refractivity contribution >= 4 is 36.4 Å². The van der Waals surface area contributed by atoms with Gasteiger partial charge in [0.05, 0.1) is 13.2 Å². The highest BCUT2D eigenvalue weighted by Gasteiger charge is 2.37. The third-order valence-corrected chi connectivity index (χ3v) is 6.44. The Kier molecular flexibility index (Phi) is 9.65. The summed E-state index contributed by atoms with van der Waals surface area (Å²) < 4.78 is 45.1. The fraction of sp³-hybridized carbons (Fsp3) is 0.458. The number of carbonyl (C=O) groups is 1. The van der Waals surface area contributed by atoms with Crippen LogP contribution in [0.2, 0.25) is 0 Å². The molecule has 10 heteroatoms. The van der Waals surface area contributed by atoms with Crippen molar-refractivity contribution in [2.24, 2.45) is 11.8 Å². The van der Waals surface area contributed by atoms with Crippen LogP contribution in [0.5, 0.6) is 5.75 Å². The number of benzene rings is 2. The monoisotopic (exact) mass is 519 g/mol. The number of anilines is 1. The summed E-state index contributed by atoms with van der Waals surface area (Å²) in [7, 11) is 1.57. The van der Waals surface area contributed by atoms with Crippen LogP contribution >= 0.6 is 24.8 Å². The average Bonchev–Trinajstić information content (AvgIpc) is 2.75. The molecule has 2 N–H and O–H groups in total. The molecule has 0 aromatic heterocycles. The number of nitrogens with two attached hydrogens (primary N) is 1. The summed E-state index contributed by atoms with van der Waals surface area (Å²) >= 11 is 0. The van der Waals surface area contributed by atoms with Gasteiger partial charge < -0.3 is 9.64 Å². The SMILES string of the molecule is COc1cc2c(cc1C[C@@H]1CCCN(N)[C@@H]1c1ccccc1)N(CC(F)(F)F)C(=O)CC2.Cl.Cl. The van der Waals surface area contributed by atoms with E-state index in [0.717, 1.165) is 35.4 Å². The molecular weight excluding hydrogens is 490 g/mol. The number of aryl methyl sites for hydroxylation is 1. The standard InChI is InChI=1S/C24H28F3N3O2.2ClH/c1-32-21-14-17-9-10-22(31)29(15-24(25,26)27)20(17)13-19(21)12-18-8-5-11-30(28)23(18)16-6-3-2-4-7-16;;/h2-4,6-7,13-14,18,23H,5,8-12,15,28H2,1H3;2*1H/t18-,23+;;/m0../s1. The molecular formula is C24H30Cl2F3N3O2. The van der Waals surface area contributed by atoms with E-state index in [2.05, 4.69) is 12.1 Å². The summed E-state index contributed by atoms with van der Waals surface area (Å²) in [6.45, 7) is -0.498. The molecule has 4 rings (SSSR count). The highest BCUT2D eigenvalue weighted by Crippen LogP contribution is 2.41. The fourth-order valence-corrected chi connectivity index (χ4v) is 5.03. The minimum absolute atomic E-state index is 0. The van der Waals surface area contributed by atoms with E-state index < -0.39 is 18.6 Å². The molecule has 0 bridgehead atoms. The van der Waals surface area contributed by atoms with Gasteiger partial charge >= 0.3 is 6.18 Å². The van der Waals surface area contributed by atoms with E-state index in [1.165, 1.54) is 0 Å². The van der Waals surface area contributed by atoms with Gasteiger partial charge in [-0.15, -0.1) is 24.8 Å². The van der Waals surface area contributed by atoms with E-state index >= 15 is 0 Å². The summed E-state index contributed by atoms with van der Waals surface area (Å²) in [5.41, 5.74) is 2.96. The predicted octanol–water partition coefficient (Wildman–Crippen LogP) is 5.25. The van der Waals surface area contributed by atoms with Gasteiger partial charge in [-0.25, -0.2) is 5.01 Å². The number of ether oxygens (including phenoxy) is 1. The van der Waals surface area contributed by atoms with Gasteiger partial charge in [0.25, 0.3) is 0 Å². The Morgan fingerprint density at radius 1 is 1.12 bits per heavy atom. The van der Waals surface area contributed by atoms with Crippen LogP contribution in [0.1, 0.15) is 42.0 Å². The second-order valence-electron chi connectivity index (χ2n) is 8.59. The molecule has 0 spiro atoms. The van der Waals surface area contributed by atoms with E-state index in [-0.39, 0.29) is 43.2 Å². The molecule has 2 heterocycles. The van der Waals surface area contributed by atoms with Crippen LogP contribution < -0.4 is 15.5 Å². The van der Waals surface area contributed by atoms with E-state index in [1.54, 1.807) is 19.2 Å². The number of nitrogens with zero attached hydrogens (tertiary/aromatic N) is 2. The van der Waals surface area contributed by atoms with Gasteiger partial charge in [0.15, 0.2) is 0 Å². The molecule has 2 aromatic rings. The normalized spacial score (nSPS) is 20.7. The van der Waals surface area contributed by atoms with Gasteiger partial charge in [0.1, 0.15) is 12.3 Å². The Labute approximate surface area is 210 Å². The molecule has 2 aromatic carbocycles. The lowest BCUT2D eigenvalue weighted by atomic mass is 9.81. The number of halogens is 5. The number of amides is 1. The molecule has 0 radical (unpaired) electrons. The van der Waals surface area contributed by atoms with Gasteiger partial charge in [-0.1, -0.05) is 30.3 Å². The second-order valence-corrected chi connectivity index (χ2v) is 8.59. The summed E-state index contributed by atoms with van der Waals surface area (Å²) in [6.07, 6.45) is -1.52. The number of piperidine rings is 1. The third-order valence-electron chi connectivity index (χ3n) is 6.44. The first kappa shape index (κ1) is 28.2. The minimum atomic E-state index is -4.47. The van der Waals surface area contributed by atoms with Crippen molar-refractivity contribution in [2.45, 2.75) is 44.3 Å². The second kappa shape index (κ2) is 11.6. The topological polar surface area (TPSA) is 58.8 Å². The molecule has 0 unspecified atom stereocenters. The van der Waals surface area contributed by atoms with Crippen LogP contribution in [0.4, 0.5) is 18.9 Å². The number of methoxy groups -OCH3 is 1. The molecule has 2 aliphatic heterocycles. The van der Waals surface area contributed by atoms with Crippen molar-refractivity contribution in [2.75, 3.05) is 25.1 Å². The van der Waals surface area contributed by atoms with E-state index in [0.29, 0.717) is 29.8 Å². The highest BCUT2D eigenvalue weighted by atomic mass is 35.5. The van der Waals surface area contributed by atoms with E-state index in [1.807, 2.05) is 23.2 Å². The summed E-state index contributed by atoms with van der Waals surface area (Å²) in [5, 5.41) is 1.86. The molecule has 188 valence electrons. The van der Waals surface area contributed by atoms with Crippen LogP contribution in [0.15, 0.2) is 42.5 Å². The summed E-state index contributed by atoms with van der Waals surface area (Å²) in [5.74, 6) is 6.68. The quantitative estimate of drug-likeness (QED) is 0.548. The van der Waals surface area contributed by atoms with Crippen LogP contribution in [-0.4, -0.2) is 37.3 Å². The lowest BCUT2D eigenvalue weighted by Crippen LogP contribution is -2.44. The van der Waals surface area contributed by atoms with E-state index in [4.69, 9.17) is 10.6 Å². The van der Waals surface area contributed by atoms with Crippen molar-refractivity contribution in [3.8, 4) is 5.75 Å². The van der Waals surface area contributed by atoms with Crippen LogP contribution in [0, 0.1) is 5.92 Å². The molecule has 34 heavy (non-hydrogen) atoms. The molecule has 2 atom stereocenters. The van der Waals surface area contributed by atoms with Crippen LogP contribution in [0.3, 0.4) is 0 Å². The number of hydrogen-bond donors (Lipinski definition) is 1. The molecule has 1 fully saturated rings. The number of hydrazine groups is 1. The average molecular weight is 520 g/mol. The predicted molar refractivity (Wildman–Crippen MR) is 131 cm³/mol. The summed E-state index contributed by atoms with van der Waals surface area (Å²) in [6, 6.07) is 13.5. The van der Waals surface area contributed by atoms with Crippen molar-refractivity contribution in [3.63, 3.8) is 0 Å². The molecule has 2 aliphatic rings. The minimum Gasteiger partial charge on any atom is -0.496 e. The van der Waals surface area contributed by atoms with Gasteiger partial charge in [-0.2, -0.15) is 13.2 Å². The maximum Gasteiger partial charge on any atom is 0.406 e. The van der Waals surface area contributed by atoms with Crippen molar-refractivity contribution < 1.29 is 22.7 Å². The first-order chi connectivity index (χ1) is 15.3. The number of fused-ring (bicyclic) bond motifs is 1. The van der Waals surface area contributed by atoms with Crippen molar-refractivity contribution in [1.82, 2.24) is 5.01 Å². The van der Waals surface area contributed by atoms with E-state index in [9.17, 15) is 18.0 Å². The zero-order valence-corrected chi connectivity index (χ0v) is 20.5. The lowest BCUT2D eigenvalue weighted by Gasteiger charge is -2.39. The molecule has 0 saturated carbocycles. The Balaban J connectivity index is 0.00000204. The van der Waals surface area contributed by atoms with Crippen molar-refractivity contribution in [3.05, 3.63) is 59.2 Å². The smallest absolute Gasteiger partial charge is 0.406 e. The van der Waals surface area contributed by atoms with Crippen LogP contribution in [0.25, 0.3) is 0 Å². The number of rotatable bonds is 5. The largest absolute Gasteiger partial charge is 0.496 e. The Morgan fingerprint density at radius 2 is 1.82 bits per heavy atom. The zero-order chi connectivity index (χ0) is 22.9. The lowest BCUT2D eigenvalue weighted by molar-refractivity contribution is -0.132. The van der Waals surface area contributed by atoms with Gasteiger partial charge in [0, 0.05) is 18.7 Å². The summed E-state index contributed by atoms with van der Waals surface area (Å²) in [4.78, 5) is 13.2. The zero-order valence-electron chi connectivity index (χ0n) is 18.9.